The number of aryl methyl sites for hydroxylation is 2. The first kappa shape index (κ1) is 15.5. The van der Waals surface area contributed by atoms with E-state index in [1.54, 1.807) is 7.05 Å². The molecule has 1 saturated carbocycles. The highest BCUT2D eigenvalue weighted by Crippen LogP contribution is 2.30. The smallest absolute Gasteiger partial charge is 0.368 e. The Morgan fingerprint density at radius 3 is 2.78 bits per heavy atom. The highest BCUT2D eigenvalue weighted by atomic mass is 16.6. The lowest BCUT2D eigenvalue weighted by molar-refractivity contribution is 0.128. The van der Waals surface area contributed by atoms with Crippen LogP contribution in [-0.4, -0.2) is 25.5 Å². The second-order valence-corrected chi connectivity index (χ2v) is 5.85. The number of hydrogen-bond donors (Lipinski definition) is 0. The van der Waals surface area contributed by atoms with Gasteiger partial charge in [-0.25, -0.2) is 4.79 Å². The molecule has 0 bridgehead atoms. The molecule has 2 aromatic rings. The largest absolute Gasteiger partial charge is 0.391 e. The standard InChI is InChI=1S/C16H21N5O2/c1-4-12-6-5-7-15(21-16(22)20(3)18-19-21)14(12)10-23-17-11(2)13-8-9-13/h5-7,13H,4,8-10H2,1-3H3. The summed E-state index contributed by atoms with van der Waals surface area (Å²) in [7, 11) is 1.58. The van der Waals surface area contributed by atoms with Crippen LogP contribution >= 0.6 is 0 Å². The Bertz CT molecular complexity index is 786. The maximum Gasteiger partial charge on any atom is 0.368 e. The molecule has 3 rings (SSSR count). The third-order valence-electron chi connectivity index (χ3n) is 4.16. The van der Waals surface area contributed by atoms with E-state index in [4.69, 9.17) is 4.84 Å². The molecule has 23 heavy (non-hydrogen) atoms. The van der Waals surface area contributed by atoms with Crippen molar-refractivity contribution in [1.82, 2.24) is 19.8 Å². The summed E-state index contributed by atoms with van der Waals surface area (Å²) in [6.45, 7) is 4.38. The molecular formula is C16H21N5O2. The van der Waals surface area contributed by atoms with Gasteiger partial charge in [-0.2, -0.15) is 9.36 Å². The molecular weight excluding hydrogens is 294 g/mol. The minimum atomic E-state index is -0.280. The van der Waals surface area contributed by atoms with E-state index in [0.717, 1.165) is 23.3 Å². The fourth-order valence-corrected chi connectivity index (χ4v) is 2.56. The summed E-state index contributed by atoms with van der Waals surface area (Å²) < 4.78 is 2.51. The molecule has 0 amide bonds. The minimum Gasteiger partial charge on any atom is -0.391 e. The summed E-state index contributed by atoms with van der Waals surface area (Å²) in [4.78, 5) is 17.7. The van der Waals surface area contributed by atoms with Gasteiger partial charge in [0, 0.05) is 18.5 Å². The van der Waals surface area contributed by atoms with Crippen LogP contribution in [0.3, 0.4) is 0 Å². The lowest BCUT2D eigenvalue weighted by Gasteiger charge is -2.12. The van der Waals surface area contributed by atoms with Gasteiger partial charge in [0.25, 0.3) is 0 Å². The number of hydrogen-bond acceptors (Lipinski definition) is 5. The van der Waals surface area contributed by atoms with Gasteiger partial charge < -0.3 is 4.84 Å². The fourth-order valence-electron chi connectivity index (χ4n) is 2.56. The van der Waals surface area contributed by atoms with Crippen molar-refractivity contribution < 1.29 is 4.84 Å². The second-order valence-electron chi connectivity index (χ2n) is 5.85. The molecule has 1 heterocycles. The van der Waals surface area contributed by atoms with E-state index in [-0.39, 0.29) is 5.69 Å². The summed E-state index contributed by atoms with van der Waals surface area (Å²) >= 11 is 0. The molecule has 0 aliphatic heterocycles. The van der Waals surface area contributed by atoms with Crippen LogP contribution in [0.2, 0.25) is 0 Å². The van der Waals surface area contributed by atoms with Crippen LogP contribution in [-0.2, 0) is 24.9 Å². The zero-order valence-electron chi connectivity index (χ0n) is 13.7. The van der Waals surface area contributed by atoms with E-state index in [2.05, 4.69) is 22.5 Å². The van der Waals surface area contributed by atoms with Gasteiger partial charge in [-0.1, -0.05) is 24.2 Å². The number of rotatable bonds is 6. The lowest BCUT2D eigenvalue weighted by atomic mass is 10.0. The summed E-state index contributed by atoms with van der Waals surface area (Å²) in [6, 6.07) is 5.80. The molecule has 0 atom stereocenters. The third kappa shape index (κ3) is 3.18. The monoisotopic (exact) mass is 315 g/mol. The van der Waals surface area contributed by atoms with Gasteiger partial charge in [0.1, 0.15) is 6.61 Å². The van der Waals surface area contributed by atoms with Crippen LogP contribution in [0.15, 0.2) is 28.1 Å². The highest BCUT2D eigenvalue weighted by molar-refractivity contribution is 5.85. The van der Waals surface area contributed by atoms with Gasteiger partial charge in [0.15, 0.2) is 0 Å². The minimum absolute atomic E-state index is 0.280. The van der Waals surface area contributed by atoms with Crippen LogP contribution in [0, 0.1) is 5.92 Å². The topological polar surface area (TPSA) is 74.3 Å². The van der Waals surface area contributed by atoms with Crippen LogP contribution in [0.5, 0.6) is 0 Å². The normalized spacial score (nSPS) is 15.0. The predicted octanol–water partition coefficient (Wildman–Crippen LogP) is 1.83. The zero-order chi connectivity index (χ0) is 16.4. The van der Waals surface area contributed by atoms with Crippen molar-refractivity contribution in [2.75, 3.05) is 0 Å². The van der Waals surface area contributed by atoms with Crippen molar-refractivity contribution >= 4 is 5.71 Å². The molecule has 0 saturated heterocycles. The third-order valence-corrected chi connectivity index (χ3v) is 4.16. The van der Waals surface area contributed by atoms with E-state index >= 15 is 0 Å². The van der Waals surface area contributed by atoms with Crippen LogP contribution in [0.1, 0.15) is 37.8 Å². The first-order valence-corrected chi connectivity index (χ1v) is 7.88. The number of nitrogens with zero attached hydrogens (tertiary/aromatic N) is 5. The summed E-state index contributed by atoms with van der Waals surface area (Å²) in [5, 5.41) is 11.9. The molecule has 0 spiro atoms. The van der Waals surface area contributed by atoms with Crippen molar-refractivity contribution in [2.45, 2.75) is 39.7 Å². The van der Waals surface area contributed by atoms with E-state index in [9.17, 15) is 4.79 Å². The number of oxime groups is 1. The molecule has 7 heteroatoms. The molecule has 1 fully saturated rings. The molecule has 122 valence electrons. The maximum absolute atomic E-state index is 12.1. The average Bonchev–Trinajstić information content (AvgIpc) is 3.35. The van der Waals surface area contributed by atoms with Crippen LogP contribution in [0.4, 0.5) is 0 Å². The summed E-state index contributed by atoms with van der Waals surface area (Å²) in [5.41, 5.74) is 3.49. The van der Waals surface area contributed by atoms with E-state index in [1.807, 2.05) is 25.1 Å². The van der Waals surface area contributed by atoms with Crippen LogP contribution < -0.4 is 5.69 Å². The molecule has 7 nitrogen and oxygen atoms in total. The van der Waals surface area contributed by atoms with Crippen molar-refractivity contribution in [3.8, 4) is 5.69 Å². The molecule has 1 aromatic heterocycles. The van der Waals surface area contributed by atoms with Gasteiger partial charge in [0.2, 0.25) is 0 Å². The second kappa shape index (κ2) is 6.36. The van der Waals surface area contributed by atoms with Crippen molar-refractivity contribution in [3.63, 3.8) is 0 Å². The highest BCUT2D eigenvalue weighted by Gasteiger charge is 2.25. The Morgan fingerprint density at radius 1 is 1.39 bits per heavy atom. The molecule has 0 radical (unpaired) electrons. The number of benzene rings is 1. The Hall–Kier alpha value is -2.44. The first-order chi connectivity index (χ1) is 11.1. The van der Waals surface area contributed by atoms with Gasteiger partial charge in [0.05, 0.1) is 11.4 Å². The number of aromatic nitrogens is 4. The van der Waals surface area contributed by atoms with Gasteiger partial charge in [-0.05, 0) is 48.2 Å². The molecule has 0 unspecified atom stereocenters. The Kier molecular flexibility index (Phi) is 4.27. The predicted molar refractivity (Wildman–Crippen MR) is 86.6 cm³/mol. The van der Waals surface area contributed by atoms with Gasteiger partial charge in [-0.15, -0.1) is 0 Å². The molecule has 0 N–H and O–H groups in total. The number of tetrazole rings is 1. The molecule has 1 aliphatic carbocycles. The average molecular weight is 315 g/mol. The summed E-state index contributed by atoms with van der Waals surface area (Å²) in [5.74, 6) is 0.582. The first-order valence-electron chi connectivity index (χ1n) is 7.88. The zero-order valence-corrected chi connectivity index (χ0v) is 13.7. The molecule has 1 aromatic carbocycles. The van der Waals surface area contributed by atoms with Crippen molar-refractivity contribution in [3.05, 3.63) is 39.8 Å². The van der Waals surface area contributed by atoms with Gasteiger partial charge in [-0.3, -0.25) is 0 Å². The van der Waals surface area contributed by atoms with Gasteiger partial charge >= 0.3 is 5.69 Å². The molecule has 1 aliphatic rings. The Morgan fingerprint density at radius 2 is 2.17 bits per heavy atom. The summed E-state index contributed by atoms with van der Waals surface area (Å²) in [6.07, 6.45) is 3.24. The SMILES string of the molecule is CCc1cccc(-n2nnn(C)c2=O)c1CON=C(C)C1CC1. The quantitative estimate of drug-likeness (QED) is 0.602. The van der Waals surface area contributed by atoms with Crippen molar-refractivity contribution in [2.24, 2.45) is 18.1 Å². The van der Waals surface area contributed by atoms with Crippen molar-refractivity contribution in [1.29, 1.82) is 0 Å². The fraction of sp³-hybridized carbons (Fsp3) is 0.500. The Balaban J connectivity index is 1.92. The lowest BCUT2D eigenvalue weighted by Crippen LogP contribution is -2.23. The van der Waals surface area contributed by atoms with Crippen LogP contribution in [0.25, 0.3) is 5.69 Å². The maximum atomic E-state index is 12.1. The van der Waals surface area contributed by atoms with E-state index in [1.165, 1.54) is 22.2 Å². The Labute approximate surface area is 134 Å². The van der Waals surface area contributed by atoms with E-state index < -0.39 is 0 Å². The van der Waals surface area contributed by atoms with E-state index in [0.29, 0.717) is 18.2 Å².